The minimum Gasteiger partial charge on any atom is -0.479 e. The van der Waals surface area contributed by atoms with Gasteiger partial charge in [0, 0.05) is 11.1 Å². The van der Waals surface area contributed by atoms with Crippen molar-refractivity contribution in [3.63, 3.8) is 0 Å². The van der Waals surface area contributed by atoms with Crippen molar-refractivity contribution in [2.24, 2.45) is 0 Å². The Morgan fingerprint density at radius 2 is 1.11 bits per heavy atom. The van der Waals surface area contributed by atoms with E-state index in [0.29, 0.717) is 0 Å². The molecule has 184 valence electrons. The lowest BCUT2D eigenvalue weighted by Crippen LogP contribution is -2.69. The van der Waals surface area contributed by atoms with Crippen molar-refractivity contribution in [2.45, 2.75) is 23.4 Å². The summed E-state index contributed by atoms with van der Waals surface area (Å²) in [6, 6.07) is 22.2. The molecule has 0 aromatic heterocycles. The lowest BCUT2D eigenvalue weighted by molar-refractivity contribution is -0.158. The number of carbonyl (C=O) groups excluding carboxylic acids is 3. The van der Waals surface area contributed by atoms with E-state index in [-0.39, 0.29) is 16.7 Å². The number of carboxylic acids is 1. The van der Waals surface area contributed by atoms with Gasteiger partial charge in [-0.05, 0) is 12.1 Å². The molecule has 9 nitrogen and oxygen atoms in total. The summed E-state index contributed by atoms with van der Waals surface area (Å²) in [5, 5.41) is 33.3. The topological polar surface area (TPSA) is 147 Å². The van der Waals surface area contributed by atoms with E-state index in [1.54, 1.807) is 30.3 Å². The Morgan fingerprint density at radius 1 is 0.694 bits per heavy atom. The second kappa shape index (κ2) is 9.82. The Labute approximate surface area is 205 Å². The number of esters is 1. The summed E-state index contributed by atoms with van der Waals surface area (Å²) < 4.78 is 10.6. The van der Waals surface area contributed by atoms with Crippen LogP contribution >= 0.6 is 0 Å². The number of carbonyl (C=O) groups is 4. The van der Waals surface area contributed by atoms with Gasteiger partial charge >= 0.3 is 11.9 Å². The molecule has 0 radical (unpaired) electrons. The zero-order valence-corrected chi connectivity index (χ0v) is 18.8. The third-order valence-electron chi connectivity index (χ3n) is 6.09. The molecule has 4 atom stereocenters. The van der Waals surface area contributed by atoms with Gasteiger partial charge < -0.3 is 24.8 Å². The SMILES string of the molecule is O=C(OC[C@H]1O[C@@H](C(=O)O)[C@](O)(C(=O)c2ccccc2)[C@@]1(O)C(=O)c1ccccc1)c1ccccc1. The lowest BCUT2D eigenvalue weighted by Gasteiger charge is -2.37. The molecule has 0 unspecified atom stereocenters. The number of aliphatic hydroxyl groups is 2. The van der Waals surface area contributed by atoms with Crippen molar-refractivity contribution >= 4 is 23.5 Å². The predicted molar refractivity (Wildman–Crippen MR) is 124 cm³/mol. The van der Waals surface area contributed by atoms with Crippen LogP contribution in [0.2, 0.25) is 0 Å². The number of carboxylic acid groups (broad SMARTS) is 1. The van der Waals surface area contributed by atoms with E-state index in [4.69, 9.17) is 9.47 Å². The van der Waals surface area contributed by atoms with Crippen LogP contribution in [0.3, 0.4) is 0 Å². The van der Waals surface area contributed by atoms with Crippen molar-refractivity contribution in [3.05, 3.63) is 108 Å². The summed E-state index contributed by atoms with van der Waals surface area (Å²) in [5.74, 6) is -5.04. The average Bonchev–Trinajstić information content (AvgIpc) is 3.16. The Balaban J connectivity index is 1.80. The van der Waals surface area contributed by atoms with E-state index in [9.17, 15) is 34.5 Å². The van der Waals surface area contributed by atoms with E-state index in [1.165, 1.54) is 60.7 Å². The lowest BCUT2D eigenvalue weighted by atomic mass is 9.70. The number of benzene rings is 3. The molecule has 0 bridgehead atoms. The second-order valence-electron chi connectivity index (χ2n) is 8.23. The number of ketones is 2. The molecule has 1 aliphatic heterocycles. The highest BCUT2D eigenvalue weighted by molar-refractivity contribution is 6.15. The van der Waals surface area contributed by atoms with Crippen LogP contribution in [0.5, 0.6) is 0 Å². The van der Waals surface area contributed by atoms with Gasteiger partial charge in [-0.25, -0.2) is 9.59 Å². The van der Waals surface area contributed by atoms with Gasteiger partial charge in [-0.2, -0.15) is 0 Å². The summed E-state index contributed by atoms with van der Waals surface area (Å²) in [6.45, 7) is -0.822. The van der Waals surface area contributed by atoms with Crippen LogP contribution in [0.4, 0.5) is 0 Å². The maximum absolute atomic E-state index is 13.6. The van der Waals surface area contributed by atoms with Crippen molar-refractivity contribution < 1.29 is 44.0 Å². The summed E-state index contributed by atoms with van der Waals surface area (Å²) in [4.78, 5) is 51.8. The quantitative estimate of drug-likeness (QED) is 0.318. The number of aliphatic carboxylic acids is 1. The fourth-order valence-corrected chi connectivity index (χ4v) is 4.24. The van der Waals surface area contributed by atoms with E-state index in [2.05, 4.69) is 0 Å². The Morgan fingerprint density at radius 3 is 1.56 bits per heavy atom. The molecule has 1 aliphatic rings. The van der Waals surface area contributed by atoms with Gasteiger partial charge in [-0.15, -0.1) is 0 Å². The Bertz CT molecular complexity index is 1280. The summed E-state index contributed by atoms with van der Waals surface area (Å²) >= 11 is 0. The first kappa shape index (κ1) is 24.9. The molecular weight excluding hydrogens is 468 g/mol. The molecule has 9 heteroatoms. The van der Waals surface area contributed by atoms with Crippen molar-refractivity contribution in [2.75, 3.05) is 6.61 Å². The second-order valence-corrected chi connectivity index (χ2v) is 8.23. The summed E-state index contributed by atoms with van der Waals surface area (Å²) in [5.41, 5.74) is -6.50. The Hall–Kier alpha value is -4.18. The first-order valence-electron chi connectivity index (χ1n) is 11.0. The van der Waals surface area contributed by atoms with Gasteiger partial charge in [-0.3, -0.25) is 9.59 Å². The number of ether oxygens (including phenoxy) is 2. The maximum Gasteiger partial charge on any atom is 0.338 e. The van der Waals surface area contributed by atoms with Gasteiger partial charge in [-0.1, -0.05) is 78.9 Å². The average molecular weight is 490 g/mol. The van der Waals surface area contributed by atoms with Crippen molar-refractivity contribution in [1.29, 1.82) is 0 Å². The summed E-state index contributed by atoms with van der Waals surface area (Å²) in [7, 11) is 0. The Kier molecular flexibility index (Phi) is 6.80. The number of rotatable bonds is 8. The zero-order chi connectivity index (χ0) is 25.9. The van der Waals surface area contributed by atoms with Crippen LogP contribution in [-0.4, -0.2) is 68.8 Å². The molecule has 3 aromatic carbocycles. The first-order chi connectivity index (χ1) is 17.2. The standard InChI is InChI=1S/C27H22O9/c28-21(17-10-4-1-5-11-17)26(33)20(16-35-25(32)19-14-8-3-9-15-19)36-23(24(30)31)27(26,34)22(29)18-12-6-2-7-13-18/h1-15,20,23,33-34H,16H2,(H,30,31)/t20-,23+,26+,27-/m1/s1. The van der Waals surface area contributed by atoms with Gasteiger partial charge in [0.05, 0.1) is 5.56 Å². The molecule has 36 heavy (non-hydrogen) atoms. The molecule has 0 amide bonds. The fraction of sp³-hybridized carbons (Fsp3) is 0.185. The van der Waals surface area contributed by atoms with E-state index >= 15 is 0 Å². The minimum atomic E-state index is -3.25. The molecule has 1 heterocycles. The monoisotopic (exact) mass is 490 g/mol. The molecule has 1 saturated heterocycles. The fourth-order valence-electron chi connectivity index (χ4n) is 4.24. The third kappa shape index (κ3) is 4.09. The molecule has 0 spiro atoms. The van der Waals surface area contributed by atoms with Crippen LogP contribution < -0.4 is 0 Å². The van der Waals surface area contributed by atoms with Gasteiger partial charge in [0.15, 0.2) is 11.7 Å². The smallest absolute Gasteiger partial charge is 0.338 e. The van der Waals surface area contributed by atoms with Gasteiger partial charge in [0.1, 0.15) is 12.7 Å². The highest BCUT2D eigenvalue weighted by atomic mass is 16.6. The van der Waals surface area contributed by atoms with E-state index in [0.717, 1.165) is 0 Å². The molecule has 3 aromatic rings. The predicted octanol–water partition coefficient (Wildman–Crippen LogP) is 1.92. The molecule has 3 N–H and O–H groups in total. The van der Waals surface area contributed by atoms with Crippen molar-refractivity contribution in [1.82, 2.24) is 0 Å². The molecular formula is C27H22O9. The van der Waals surface area contributed by atoms with Crippen LogP contribution in [0.25, 0.3) is 0 Å². The highest BCUT2D eigenvalue weighted by Crippen LogP contribution is 2.44. The van der Waals surface area contributed by atoms with Gasteiger partial charge in [0.2, 0.25) is 17.2 Å². The van der Waals surface area contributed by atoms with Crippen LogP contribution in [0, 0.1) is 0 Å². The molecule has 0 aliphatic carbocycles. The zero-order valence-electron chi connectivity index (χ0n) is 18.8. The largest absolute Gasteiger partial charge is 0.479 e. The van der Waals surface area contributed by atoms with Crippen LogP contribution in [-0.2, 0) is 14.3 Å². The first-order valence-corrected chi connectivity index (χ1v) is 11.0. The van der Waals surface area contributed by atoms with E-state index in [1.807, 2.05) is 0 Å². The number of Topliss-reactive ketones (excluding diaryl/α,β-unsaturated/α-hetero) is 2. The van der Waals surface area contributed by atoms with Gasteiger partial charge in [0.25, 0.3) is 0 Å². The van der Waals surface area contributed by atoms with Crippen LogP contribution in [0.1, 0.15) is 31.1 Å². The molecule has 1 fully saturated rings. The maximum atomic E-state index is 13.6. The van der Waals surface area contributed by atoms with Crippen LogP contribution in [0.15, 0.2) is 91.0 Å². The van der Waals surface area contributed by atoms with Crippen molar-refractivity contribution in [3.8, 4) is 0 Å². The third-order valence-corrected chi connectivity index (χ3v) is 6.09. The summed E-state index contributed by atoms with van der Waals surface area (Å²) in [6.07, 6.45) is -4.24. The minimum absolute atomic E-state index is 0.117. The van der Waals surface area contributed by atoms with E-state index < -0.39 is 53.5 Å². The highest BCUT2D eigenvalue weighted by Gasteiger charge is 2.75. The molecule has 4 rings (SSSR count). The number of hydrogen-bond donors (Lipinski definition) is 3. The molecule has 0 saturated carbocycles. The normalized spacial score (nSPS) is 25.2. The number of hydrogen-bond acceptors (Lipinski definition) is 8.